The van der Waals surface area contributed by atoms with Crippen molar-refractivity contribution in [3.63, 3.8) is 0 Å². The maximum Gasteiger partial charge on any atom is 0.289 e. The zero-order chi connectivity index (χ0) is 17.1. The Hall–Kier alpha value is -2.23. The van der Waals surface area contributed by atoms with Crippen LogP contribution in [0.3, 0.4) is 0 Å². The topological polar surface area (TPSA) is 42.7 Å². The summed E-state index contributed by atoms with van der Waals surface area (Å²) in [4.78, 5) is 14.7. The Morgan fingerprint density at radius 2 is 1.84 bits per heavy atom. The highest BCUT2D eigenvalue weighted by Gasteiger charge is 2.33. The lowest BCUT2D eigenvalue weighted by molar-refractivity contribution is 0.0489. The van der Waals surface area contributed by atoms with Gasteiger partial charge in [-0.15, -0.1) is 0 Å². The molecule has 0 radical (unpaired) electrons. The lowest BCUT2D eigenvalue weighted by Crippen LogP contribution is -2.44. The van der Waals surface area contributed by atoms with Gasteiger partial charge >= 0.3 is 0 Å². The number of nitrogens with zero attached hydrogens (tertiary/aromatic N) is 1. The van der Waals surface area contributed by atoms with Gasteiger partial charge in [0.2, 0.25) is 0 Å². The quantitative estimate of drug-likeness (QED) is 0.823. The van der Waals surface area contributed by atoms with Crippen LogP contribution in [-0.2, 0) is 6.61 Å². The van der Waals surface area contributed by atoms with Crippen LogP contribution in [0, 0.1) is 11.8 Å². The van der Waals surface area contributed by atoms with Crippen molar-refractivity contribution in [2.75, 3.05) is 13.1 Å². The van der Waals surface area contributed by atoms with Crippen LogP contribution in [0.4, 0.5) is 0 Å². The van der Waals surface area contributed by atoms with Crippen molar-refractivity contribution in [3.8, 4) is 5.75 Å². The Morgan fingerprint density at radius 1 is 1.04 bits per heavy atom. The molecular formula is C21H25NO3. The summed E-state index contributed by atoms with van der Waals surface area (Å²) in [6.07, 6.45) is 6.42. The maximum atomic E-state index is 12.8. The fourth-order valence-corrected chi connectivity index (χ4v) is 4.18. The molecule has 1 saturated heterocycles. The molecule has 4 rings (SSSR count). The number of fused-ring (bicyclic) bond motifs is 1. The number of furan rings is 1. The summed E-state index contributed by atoms with van der Waals surface area (Å²) in [5.74, 6) is 3.44. The van der Waals surface area contributed by atoms with E-state index in [1.807, 2.05) is 41.3 Å². The Morgan fingerprint density at radius 3 is 2.68 bits per heavy atom. The van der Waals surface area contributed by atoms with E-state index in [2.05, 4.69) is 0 Å². The second kappa shape index (κ2) is 7.34. The van der Waals surface area contributed by atoms with Gasteiger partial charge in [0, 0.05) is 13.1 Å². The number of benzene rings is 1. The zero-order valence-corrected chi connectivity index (χ0v) is 14.5. The SMILES string of the molecule is O=C(c1ccc(COc2ccccc2)o1)N1CCC2CCCCC2C1. The number of piperidine rings is 1. The molecule has 1 aromatic heterocycles. The number of para-hydroxylation sites is 1. The number of rotatable bonds is 4. The summed E-state index contributed by atoms with van der Waals surface area (Å²) in [5, 5.41) is 0. The highest BCUT2D eigenvalue weighted by atomic mass is 16.5. The first-order chi connectivity index (χ1) is 12.3. The number of carbonyl (C=O) groups excluding carboxylic acids is 1. The molecule has 1 saturated carbocycles. The average molecular weight is 339 g/mol. The summed E-state index contributed by atoms with van der Waals surface area (Å²) in [5.41, 5.74) is 0. The van der Waals surface area contributed by atoms with Gasteiger partial charge in [-0.1, -0.05) is 37.5 Å². The first-order valence-corrected chi connectivity index (χ1v) is 9.35. The number of likely N-dealkylation sites (tertiary alicyclic amines) is 1. The fraction of sp³-hybridized carbons (Fsp3) is 0.476. The smallest absolute Gasteiger partial charge is 0.289 e. The van der Waals surface area contributed by atoms with Gasteiger partial charge in [0.05, 0.1) is 0 Å². The highest BCUT2D eigenvalue weighted by Crippen LogP contribution is 2.36. The molecule has 2 aliphatic rings. The summed E-state index contributed by atoms with van der Waals surface area (Å²) >= 11 is 0. The predicted molar refractivity (Wildman–Crippen MR) is 95.5 cm³/mol. The molecule has 4 nitrogen and oxygen atoms in total. The summed E-state index contributed by atoms with van der Waals surface area (Å²) in [6, 6.07) is 13.2. The molecule has 2 unspecified atom stereocenters. The first kappa shape index (κ1) is 16.2. The molecule has 2 aromatic rings. The van der Waals surface area contributed by atoms with Crippen molar-refractivity contribution < 1.29 is 13.9 Å². The van der Waals surface area contributed by atoms with Crippen molar-refractivity contribution in [1.29, 1.82) is 0 Å². The van der Waals surface area contributed by atoms with E-state index in [9.17, 15) is 4.79 Å². The molecule has 1 aromatic carbocycles. The van der Waals surface area contributed by atoms with Gasteiger partial charge < -0.3 is 14.1 Å². The van der Waals surface area contributed by atoms with Gasteiger partial charge in [0.1, 0.15) is 18.1 Å². The molecule has 25 heavy (non-hydrogen) atoms. The Bertz CT molecular complexity index is 709. The van der Waals surface area contributed by atoms with E-state index >= 15 is 0 Å². The Kier molecular flexibility index (Phi) is 4.77. The number of ether oxygens (including phenoxy) is 1. The van der Waals surface area contributed by atoms with Crippen LogP contribution in [0.5, 0.6) is 5.75 Å². The van der Waals surface area contributed by atoms with E-state index in [0.29, 0.717) is 24.0 Å². The molecule has 2 atom stereocenters. The second-order valence-corrected chi connectivity index (χ2v) is 7.21. The minimum atomic E-state index is 0.0231. The second-order valence-electron chi connectivity index (χ2n) is 7.21. The third-order valence-corrected chi connectivity index (χ3v) is 5.58. The number of hydrogen-bond acceptors (Lipinski definition) is 3. The molecule has 0 N–H and O–H groups in total. The number of carbonyl (C=O) groups is 1. The molecular weight excluding hydrogens is 314 g/mol. The number of hydrogen-bond donors (Lipinski definition) is 0. The number of amides is 1. The summed E-state index contributed by atoms with van der Waals surface area (Å²) in [7, 11) is 0. The van der Waals surface area contributed by atoms with Crippen LogP contribution in [0.25, 0.3) is 0 Å². The van der Waals surface area contributed by atoms with Gasteiger partial charge in [-0.05, 0) is 48.9 Å². The molecule has 0 bridgehead atoms. The van der Waals surface area contributed by atoms with Crippen molar-refractivity contribution in [3.05, 3.63) is 54.0 Å². The molecule has 4 heteroatoms. The van der Waals surface area contributed by atoms with Crippen molar-refractivity contribution in [2.24, 2.45) is 11.8 Å². The third-order valence-electron chi connectivity index (χ3n) is 5.58. The van der Waals surface area contributed by atoms with Crippen molar-refractivity contribution in [1.82, 2.24) is 4.90 Å². The summed E-state index contributed by atoms with van der Waals surface area (Å²) in [6.45, 7) is 2.08. The van der Waals surface area contributed by atoms with Gasteiger partial charge in [-0.3, -0.25) is 4.79 Å². The van der Waals surface area contributed by atoms with E-state index in [1.165, 1.54) is 25.7 Å². The normalized spacial score (nSPS) is 23.1. The lowest BCUT2D eigenvalue weighted by Gasteiger charge is -2.41. The summed E-state index contributed by atoms with van der Waals surface area (Å²) < 4.78 is 11.4. The molecule has 2 heterocycles. The van der Waals surface area contributed by atoms with E-state index in [1.54, 1.807) is 6.07 Å². The van der Waals surface area contributed by atoms with Crippen LogP contribution in [-0.4, -0.2) is 23.9 Å². The third kappa shape index (κ3) is 3.73. The molecule has 1 aliphatic heterocycles. The minimum Gasteiger partial charge on any atom is -0.486 e. The Labute approximate surface area is 148 Å². The van der Waals surface area contributed by atoms with Crippen LogP contribution in [0.2, 0.25) is 0 Å². The van der Waals surface area contributed by atoms with Gasteiger partial charge in [-0.25, -0.2) is 0 Å². The minimum absolute atomic E-state index is 0.0231. The van der Waals surface area contributed by atoms with Crippen molar-refractivity contribution in [2.45, 2.75) is 38.7 Å². The molecule has 0 spiro atoms. The van der Waals surface area contributed by atoms with Gasteiger partial charge in [0.15, 0.2) is 5.76 Å². The van der Waals surface area contributed by atoms with E-state index in [0.717, 1.165) is 31.2 Å². The maximum absolute atomic E-state index is 12.8. The van der Waals surface area contributed by atoms with Crippen LogP contribution < -0.4 is 4.74 Å². The van der Waals surface area contributed by atoms with E-state index < -0.39 is 0 Å². The molecule has 1 aliphatic carbocycles. The largest absolute Gasteiger partial charge is 0.486 e. The lowest BCUT2D eigenvalue weighted by atomic mass is 9.75. The van der Waals surface area contributed by atoms with Crippen LogP contribution in [0.15, 0.2) is 46.9 Å². The molecule has 2 fully saturated rings. The van der Waals surface area contributed by atoms with Crippen molar-refractivity contribution >= 4 is 5.91 Å². The van der Waals surface area contributed by atoms with Gasteiger partial charge in [0.25, 0.3) is 5.91 Å². The Balaban J connectivity index is 1.35. The standard InChI is InChI=1S/C21H25NO3/c23-21(22-13-12-16-6-4-5-7-17(16)14-22)20-11-10-19(25-20)15-24-18-8-2-1-3-9-18/h1-3,8-11,16-17H,4-7,12-15H2. The first-order valence-electron chi connectivity index (χ1n) is 9.35. The monoisotopic (exact) mass is 339 g/mol. The zero-order valence-electron chi connectivity index (χ0n) is 14.5. The predicted octanol–water partition coefficient (Wildman–Crippen LogP) is 4.51. The molecule has 1 amide bonds. The van der Waals surface area contributed by atoms with Gasteiger partial charge in [-0.2, -0.15) is 0 Å². The highest BCUT2D eigenvalue weighted by molar-refractivity contribution is 5.91. The van der Waals surface area contributed by atoms with Crippen LogP contribution in [0.1, 0.15) is 48.4 Å². The fourth-order valence-electron chi connectivity index (χ4n) is 4.18. The average Bonchev–Trinajstić information content (AvgIpc) is 3.15. The van der Waals surface area contributed by atoms with Crippen LogP contribution >= 0.6 is 0 Å². The van der Waals surface area contributed by atoms with E-state index in [4.69, 9.17) is 9.15 Å². The molecule has 132 valence electrons. The van der Waals surface area contributed by atoms with E-state index in [-0.39, 0.29) is 5.91 Å².